The van der Waals surface area contributed by atoms with Gasteiger partial charge in [0.1, 0.15) is 6.61 Å². The van der Waals surface area contributed by atoms with Crippen molar-refractivity contribution in [2.45, 2.75) is 26.7 Å². The molecule has 0 bridgehead atoms. The van der Waals surface area contributed by atoms with Gasteiger partial charge in [0.25, 0.3) is 0 Å². The minimum absolute atomic E-state index is 0.179. The van der Waals surface area contributed by atoms with Crippen molar-refractivity contribution in [3.05, 3.63) is 46.7 Å². The summed E-state index contributed by atoms with van der Waals surface area (Å²) in [6, 6.07) is 9.35. The maximum absolute atomic E-state index is 12.1. The van der Waals surface area contributed by atoms with Gasteiger partial charge in [-0.25, -0.2) is 0 Å². The fraction of sp³-hybridized carbons (Fsp3) is 0.409. The number of thiophene rings is 1. The molecule has 0 aliphatic carbocycles. The third-order valence-corrected chi connectivity index (χ3v) is 4.96. The molecular weight excluding hydrogens is 372 g/mol. The van der Waals surface area contributed by atoms with E-state index < -0.39 is 0 Å². The van der Waals surface area contributed by atoms with Crippen molar-refractivity contribution in [2.24, 2.45) is 0 Å². The van der Waals surface area contributed by atoms with E-state index in [-0.39, 0.29) is 5.91 Å². The lowest BCUT2D eigenvalue weighted by Crippen LogP contribution is -2.30. The summed E-state index contributed by atoms with van der Waals surface area (Å²) in [4.78, 5) is 15.6. The second-order valence-electron chi connectivity index (χ2n) is 6.39. The molecule has 0 spiro atoms. The van der Waals surface area contributed by atoms with E-state index >= 15 is 0 Å². The number of nitrogens with zero attached hydrogens (tertiary/aromatic N) is 1. The van der Waals surface area contributed by atoms with Gasteiger partial charge in [0.2, 0.25) is 5.91 Å². The standard InChI is InChI=1S/C22H30N2O3S/c1-4-12-24(13-5-2)14-15-27-21-17-18(8-10-20(21)26-3)23-22(25)11-9-19-7-6-16-28-19/h6-11,16-17H,4-5,12-15H2,1-3H3,(H,23,25). The molecule has 0 saturated carbocycles. The van der Waals surface area contributed by atoms with E-state index in [0.717, 1.165) is 37.4 Å². The molecule has 0 unspecified atom stereocenters. The molecule has 2 aromatic rings. The van der Waals surface area contributed by atoms with Gasteiger partial charge in [-0.2, -0.15) is 0 Å². The van der Waals surface area contributed by atoms with Crippen molar-refractivity contribution >= 4 is 29.0 Å². The number of carbonyl (C=O) groups is 1. The monoisotopic (exact) mass is 402 g/mol. The summed E-state index contributed by atoms with van der Waals surface area (Å²) in [5.74, 6) is 1.11. The van der Waals surface area contributed by atoms with Gasteiger partial charge in [0.05, 0.1) is 7.11 Å². The number of benzene rings is 1. The smallest absolute Gasteiger partial charge is 0.248 e. The van der Waals surface area contributed by atoms with Crippen LogP contribution in [0.2, 0.25) is 0 Å². The molecule has 0 aliphatic rings. The first-order chi connectivity index (χ1) is 13.7. The Balaban J connectivity index is 1.95. The van der Waals surface area contributed by atoms with Gasteiger partial charge in [0.15, 0.2) is 11.5 Å². The zero-order valence-corrected chi connectivity index (χ0v) is 17.8. The molecule has 28 heavy (non-hydrogen) atoms. The lowest BCUT2D eigenvalue weighted by Gasteiger charge is -2.21. The second kappa shape index (κ2) is 12.2. The first-order valence-corrected chi connectivity index (χ1v) is 10.6. The summed E-state index contributed by atoms with van der Waals surface area (Å²) in [7, 11) is 1.62. The van der Waals surface area contributed by atoms with E-state index in [2.05, 4.69) is 24.1 Å². The number of rotatable bonds is 12. The van der Waals surface area contributed by atoms with Crippen LogP contribution < -0.4 is 14.8 Å². The minimum Gasteiger partial charge on any atom is -0.493 e. The lowest BCUT2D eigenvalue weighted by atomic mass is 10.2. The van der Waals surface area contributed by atoms with Crippen LogP contribution in [0.15, 0.2) is 41.8 Å². The number of hydrogen-bond donors (Lipinski definition) is 1. The van der Waals surface area contributed by atoms with E-state index in [1.165, 1.54) is 6.08 Å². The van der Waals surface area contributed by atoms with Crippen molar-refractivity contribution < 1.29 is 14.3 Å². The van der Waals surface area contributed by atoms with Crippen LogP contribution in [0.25, 0.3) is 6.08 Å². The highest BCUT2D eigenvalue weighted by atomic mass is 32.1. The molecule has 0 aliphatic heterocycles. The molecule has 0 atom stereocenters. The number of carbonyl (C=O) groups excluding carboxylic acids is 1. The number of anilines is 1. The summed E-state index contributed by atoms with van der Waals surface area (Å²) in [6.07, 6.45) is 5.59. The number of ether oxygens (including phenoxy) is 2. The van der Waals surface area contributed by atoms with Crippen LogP contribution in [0.5, 0.6) is 11.5 Å². The Kier molecular flexibility index (Phi) is 9.59. The zero-order chi connectivity index (χ0) is 20.2. The van der Waals surface area contributed by atoms with Gasteiger partial charge in [-0.3, -0.25) is 9.69 Å². The fourth-order valence-corrected chi connectivity index (χ4v) is 3.47. The van der Waals surface area contributed by atoms with E-state index in [1.807, 2.05) is 29.6 Å². The molecule has 0 radical (unpaired) electrons. The topological polar surface area (TPSA) is 50.8 Å². The summed E-state index contributed by atoms with van der Waals surface area (Å²) >= 11 is 1.59. The fourth-order valence-electron chi connectivity index (χ4n) is 2.85. The Bertz CT molecular complexity index is 738. The van der Waals surface area contributed by atoms with Crippen LogP contribution in [0.1, 0.15) is 31.6 Å². The van der Waals surface area contributed by atoms with Gasteiger partial charge in [0, 0.05) is 29.3 Å². The van der Waals surface area contributed by atoms with Gasteiger partial charge in [-0.1, -0.05) is 19.9 Å². The van der Waals surface area contributed by atoms with E-state index in [0.29, 0.717) is 23.8 Å². The zero-order valence-electron chi connectivity index (χ0n) is 16.9. The summed E-state index contributed by atoms with van der Waals surface area (Å²) in [5.41, 5.74) is 0.676. The molecule has 6 heteroatoms. The van der Waals surface area contributed by atoms with Crippen LogP contribution in [0.4, 0.5) is 5.69 Å². The predicted octanol–water partition coefficient (Wildman–Crippen LogP) is 4.91. The van der Waals surface area contributed by atoms with Gasteiger partial charge in [-0.15, -0.1) is 11.3 Å². The molecule has 1 aromatic carbocycles. The normalized spacial score (nSPS) is 11.1. The minimum atomic E-state index is -0.179. The van der Waals surface area contributed by atoms with Gasteiger partial charge < -0.3 is 14.8 Å². The Hall–Kier alpha value is -2.31. The Morgan fingerprint density at radius 3 is 2.57 bits per heavy atom. The number of amides is 1. The van der Waals surface area contributed by atoms with Crippen LogP contribution >= 0.6 is 11.3 Å². The first kappa shape index (κ1) is 22.0. The maximum Gasteiger partial charge on any atom is 0.248 e. The van der Waals surface area contributed by atoms with Gasteiger partial charge in [-0.05, 0) is 55.6 Å². The van der Waals surface area contributed by atoms with E-state index in [1.54, 1.807) is 30.6 Å². The Labute approximate surface area is 172 Å². The molecule has 0 fully saturated rings. The first-order valence-electron chi connectivity index (χ1n) is 9.72. The molecule has 0 saturated heterocycles. The van der Waals surface area contributed by atoms with Crippen molar-refractivity contribution in [3.8, 4) is 11.5 Å². The van der Waals surface area contributed by atoms with E-state index in [9.17, 15) is 4.79 Å². The third-order valence-electron chi connectivity index (χ3n) is 4.12. The summed E-state index contributed by atoms with van der Waals surface area (Å²) in [6.45, 7) is 7.95. The van der Waals surface area contributed by atoms with Crippen LogP contribution in [0, 0.1) is 0 Å². The lowest BCUT2D eigenvalue weighted by molar-refractivity contribution is -0.111. The van der Waals surface area contributed by atoms with E-state index in [4.69, 9.17) is 9.47 Å². The molecule has 1 heterocycles. The van der Waals surface area contributed by atoms with Crippen molar-refractivity contribution in [3.63, 3.8) is 0 Å². The summed E-state index contributed by atoms with van der Waals surface area (Å²) in [5, 5.41) is 4.85. The average Bonchev–Trinajstić information content (AvgIpc) is 3.21. The highest BCUT2D eigenvalue weighted by Gasteiger charge is 2.09. The molecule has 152 valence electrons. The predicted molar refractivity (Wildman–Crippen MR) is 117 cm³/mol. The molecule has 1 N–H and O–H groups in total. The number of hydrogen-bond acceptors (Lipinski definition) is 5. The molecular formula is C22H30N2O3S. The molecule has 5 nitrogen and oxygen atoms in total. The van der Waals surface area contributed by atoms with Gasteiger partial charge >= 0.3 is 0 Å². The van der Waals surface area contributed by atoms with Crippen LogP contribution in [0.3, 0.4) is 0 Å². The summed E-state index contributed by atoms with van der Waals surface area (Å²) < 4.78 is 11.3. The molecule has 2 rings (SSSR count). The average molecular weight is 403 g/mol. The Morgan fingerprint density at radius 2 is 1.93 bits per heavy atom. The third kappa shape index (κ3) is 7.37. The van der Waals surface area contributed by atoms with Crippen molar-refractivity contribution in [1.29, 1.82) is 0 Å². The number of nitrogens with one attached hydrogen (secondary N) is 1. The maximum atomic E-state index is 12.1. The second-order valence-corrected chi connectivity index (χ2v) is 7.37. The quantitative estimate of drug-likeness (QED) is 0.513. The van der Waals surface area contributed by atoms with Crippen molar-refractivity contribution in [1.82, 2.24) is 4.90 Å². The SMILES string of the molecule is CCCN(CCC)CCOc1cc(NC(=O)C=Cc2cccs2)ccc1OC. The molecule has 1 amide bonds. The van der Waals surface area contributed by atoms with Crippen LogP contribution in [-0.2, 0) is 4.79 Å². The molecule has 1 aromatic heterocycles. The number of methoxy groups -OCH3 is 1. The van der Waals surface area contributed by atoms with Crippen LogP contribution in [-0.4, -0.2) is 44.2 Å². The highest BCUT2D eigenvalue weighted by Crippen LogP contribution is 2.30. The largest absolute Gasteiger partial charge is 0.493 e. The Morgan fingerprint density at radius 1 is 1.14 bits per heavy atom. The highest BCUT2D eigenvalue weighted by molar-refractivity contribution is 7.10. The van der Waals surface area contributed by atoms with Crippen molar-refractivity contribution in [2.75, 3.05) is 38.7 Å².